The van der Waals surface area contributed by atoms with Gasteiger partial charge in [0.1, 0.15) is 0 Å². The molecular formula is C11H19N3. The molecule has 1 fully saturated rings. The Morgan fingerprint density at radius 1 is 1.57 bits per heavy atom. The van der Waals surface area contributed by atoms with Crippen molar-refractivity contribution >= 4 is 0 Å². The summed E-state index contributed by atoms with van der Waals surface area (Å²) in [7, 11) is 2.02. The van der Waals surface area contributed by atoms with Crippen molar-refractivity contribution in [3.05, 3.63) is 18.0 Å². The van der Waals surface area contributed by atoms with Crippen molar-refractivity contribution in [3.63, 3.8) is 0 Å². The van der Waals surface area contributed by atoms with Gasteiger partial charge in [0.25, 0.3) is 0 Å². The van der Waals surface area contributed by atoms with Crippen molar-refractivity contribution in [1.82, 2.24) is 14.7 Å². The van der Waals surface area contributed by atoms with E-state index < -0.39 is 0 Å². The van der Waals surface area contributed by atoms with E-state index in [0.717, 1.165) is 12.5 Å². The molecule has 3 nitrogen and oxygen atoms in total. The fourth-order valence-electron chi connectivity index (χ4n) is 2.22. The third-order valence-electron chi connectivity index (χ3n) is 3.05. The maximum Gasteiger partial charge on any atom is 0.0521 e. The summed E-state index contributed by atoms with van der Waals surface area (Å²) in [5, 5.41) is 4.19. The predicted molar refractivity (Wildman–Crippen MR) is 56.9 cm³/mol. The van der Waals surface area contributed by atoms with E-state index >= 15 is 0 Å². The molecule has 0 amide bonds. The minimum absolute atomic E-state index is 0.858. The number of nitrogens with zero attached hydrogens (tertiary/aromatic N) is 3. The van der Waals surface area contributed by atoms with Gasteiger partial charge in [0.15, 0.2) is 0 Å². The van der Waals surface area contributed by atoms with E-state index in [1.807, 2.05) is 17.9 Å². The fourth-order valence-corrected chi connectivity index (χ4v) is 2.22. The van der Waals surface area contributed by atoms with Crippen molar-refractivity contribution in [1.29, 1.82) is 0 Å². The largest absolute Gasteiger partial charge is 0.297 e. The van der Waals surface area contributed by atoms with Gasteiger partial charge < -0.3 is 0 Å². The Morgan fingerprint density at radius 3 is 3.07 bits per heavy atom. The van der Waals surface area contributed by atoms with E-state index in [2.05, 4.69) is 23.0 Å². The number of hydrogen-bond donors (Lipinski definition) is 0. The van der Waals surface area contributed by atoms with Gasteiger partial charge in [-0.05, 0) is 31.4 Å². The zero-order valence-corrected chi connectivity index (χ0v) is 9.11. The molecule has 2 heterocycles. The minimum atomic E-state index is 0.858. The Kier molecular flexibility index (Phi) is 2.87. The molecule has 0 radical (unpaired) electrons. The van der Waals surface area contributed by atoms with Crippen LogP contribution in [-0.2, 0) is 13.6 Å². The molecule has 3 heteroatoms. The normalized spacial score (nSPS) is 24.0. The first-order chi connectivity index (χ1) is 6.75. The van der Waals surface area contributed by atoms with E-state index in [4.69, 9.17) is 0 Å². The average Bonchev–Trinajstić information content (AvgIpc) is 2.52. The van der Waals surface area contributed by atoms with Gasteiger partial charge in [-0.2, -0.15) is 5.10 Å². The zero-order chi connectivity index (χ0) is 9.97. The van der Waals surface area contributed by atoms with Gasteiger partial charge in [-0.3, -0.25) is 9.58 Å². The van der Waals surface area contributed by atoms with Crippen LogP contribution in [0, 0.1) is 5.92 Å². The van der Waals surface area contributed by atoms with Crippen LogP contribution in [0.2, 0.25) is 0 Å². The number of aromatic nitrogens is 2. The van der Waals surface area contributed by atoms with Gasteiger partial charge in [-0.25, -0.2) is 0 Å². The van der Waals surface area contributed by atoms with E-state index in [9.17, 15) is 0 Å². The monoisotopic (exact) mass is 193 g/mol. The summed E-state index contributed by atoms with van der Waals surface area (Å²) < 4.78 is 1.97. The van der Waals surface area contributed by atoms with Crippen molar-refractivity contribution in [2.75, 3.05) is 13.1 Å². The van der Waals surface area contributed by atoms with Crippen LogP contribution in [0.3, 0.4) is 0 Å². The first-order valence-corrected chi connectivity index (χ1v) is 5.45. The second-order valence-electron chi connectivity index (χ2n) is 4.43. The molecular weight excluding hydrogens is 174 g/mol. The Hall–Kier alpha value is -0.830. The molecule has 1 aliphatic heterocycles. The van der Waals surface area contributed by atoms with Crippen LogP contribution >= 0.6 is 0 Å². The topological polar surface area (TPSA) is 21.1 Å². The van der Waals surface area contributed by atoms with Crippen LogP contribution in [0.4, 0.5) is 0 Å². The van der Waals surface area contributed by atoms with Crippen molar-refractivity contribution < 1.29 is 0 Å². The summed E-state index contributed by atoms with van der Waals surface area (Å²) in [6.07, 6.45) is 4.61. The maximum absolute atomic E-state index is 4.19. The quantitative estimate of drug-likeness (QED) is 0.712. The molecule has 1 aromatic rings. The summed E-state index contributed by atoms with van der Waals surface area (Å²) >= 11 is 0. The number of aryl methyl sites for hydroxylation is 1. The van der Waals surface area contributed by atoms with Crippen LogP contribution in [0.25, 0.3) is 0 Å². The highest BCUT2D eigenvalue weighted by molar-refractivity contribution is 4.99. The number of rotatable bonds is 2. The van der Waals surface area contributed by atoms with Gasteiger partial charge in [0.05, 0.1) is 5.69 Å². The van der Waals surface area contributed by atoms with E-state index in [1.165, 1.54) is 31.6 Å². The summed E-state index contributed by atoms with van der Waals surface area (Å²) in [6.45, 7) is 5.89. The van der Waals surface area contributed by atoms with E-state index in [-0.39, 0.29) is 0 Å². The summed E-state index contributed by atoms with van der Waals surface area (Å²) in [4.78, 5) is 2.53. The van der Waals surface area contributed by atoms with Crippen LogP contribution < -0.4 is 0 Å². The molecule has 78 valence electrons. The lowest BCUT2D eigenvalue weighted by Gasteiger charge is -2.30. The van der Waals surface area contributed by atoms with Gasteiger partial charge >= 0.3 is 0 Å². The standard InChI is InChI=1S/C11H19N3/c1-10-4-3-7-14(8-10)9-11-5-6-12-13(11)2/h5-6,10H,3-4,7-9H2,1-2H3. The third kappa shape index (κ3) is 2.15. The molecule has 1 aliphatic rings. The Bertz CT molecular complexity index is 292. The molecule has 1 atom stereocenters. The predicted octanol–water partition coefficient (Wildman–Crippen LogP) is 1.65. The van der Waals surface area contributed by atoms with Crippen molar-refractivity contribution in [2.24, 2.45) is 13.0 Å². The van der Waals surface area contributed by atoms with E-state index in [0.29, 0.717) is 0 Å². The van der Waals surface area contributed by atoms with Gasteiger partial charge in [0, 0.05) is 26.3 Å². The fraction of sp³-hybridized carbons (Fsp3) is 0.727. The molecule has 14 heavy (non-hydrogen) atoms. The molecule has 2 rings (SSSR count). The van der Waals surface area contributed by atoms with Crippen LogP contribution in [0.1, 0.15) is 25.5 Å². The highest BCUT2D eigenvalue weighted by atomic mass is 15.3. The Balaban J connectivity index is 1.94. The van der Waals surface area contributed by atoms with Crippen molar-refractivity contribution in [3.8, 4) is 0 Å². The second-order valence-corrected chi connectivity index (χ2v) is 4.43. The zero-order valence-electron chi connectivity index (χ0n) is 9.11. The number of likely N-dealkylation sites (tertiary alicyclic amines) is 1. The first-order valence-electron chi connectivity index (χ1n) is 5.45. The van der Waals surface area contributed by atoms with Crippen LogP contribution in [0.5, 0.6) is 0 Å². The highest BCUT2D eigenvalue weighted by Crippen LogP contribution is 2.17. The second kappa shape index (κ2) is 4.13. The SMILES string of the molecule is CC1CCCN(Cc2ccnn2C)C1. The maximum atomic E-state index is 4.19. The lowest BCUT2D eigenvalue weighted by molar-refractivity contribution is 0.173. The molecule has 0 aliphatic carbocycles. The smallest absolute Gasteiger partial charge is 0.0521 e. The summed E-state index contributed by atoms with van der Waals surface area (Å²) in [5.41, 5.74) is 1.32. The molecule has 0 spiro atoms. The van der Waals surface area contributed by atoms with Crippen LogP contribution in [0.15, 0.2) is 12.3 Å². The van der Waals surface area contributed by atoms with Crippen LogP contribution in [-0.4, -0.2) is 27.8 Å². The lowest BCUT2D eigenvalue weighted by atomic mass is 10.0. The number of piperidine rings is 1. The lowest BCUT2D eigenvalue weighted by Crippen LogP contribution is -2.34. The molecule has 0 saturated carbocycles. The molecule has 1 unspecified atom stereocenters. The molecule has 1 saturated heterocycles. The van der Waals surface area contributed by atoms with E-state index in [1.54, 1.807) is 0 Å². The molecule has 0 N–H and O–H groups in total. The van der Waals surface area contributed by atoms with Gasteiger partial charge in [-0.15, -0.1) is 0 Å². The average molecular weight is 193 g/mol. The summed E-state index contributed by atoms with van der Waals surface area (Å²) in [5.74, 6) is 0.858. The Labute approximate surface area is 85.7 Å². The summed E-state index contributed by atoms with van der Waals surface area (Å²) in [6, 6.07) is 2.11. The highest BCUT2D eigenvalue weighted by Gasteiger charge is 2.16. The first kappa shape index (κ1) is 9.71. The third-order valence-corrected chi connectivity index (χ3v) is 3.05. The molecule has 0 aromatic carbocycles. The molecule has 0 bridgehead atoms. The van der Waals surface area contributed by atoms with Crippen molar-refractivity contribution in [2.45, 2.75) is 26.3 Å². The van der Waals surface area contributed by atoms with Gasteiger partial charge in [0.2, 0.25) is 0 Å². The minimum Gasteiger partial charge on any atom is -0.297 e. The molecule has 1 aromatic heterocycles. The Morgan fingerprint density at radius 2 is 2.43 bits per heavy atom. The number of hydrogen-bond acceptors (Lipinski definition) is 2. The van der Waals surface area contributed by atoms with Gasteiger partial charge in [-0.1, -0.05) is 6.92 Å².